The van der Waals surface area contributed by atoms with Crippen LogP contribution in [0.4, 0.5) is 5.82 Å². The maximum atomic E-state index is 12.5. The second-order valence-electron chi connectivity index (χ2n) is 8.78. The fourth-order valence-corrected chi connectivity index (χ4v) is 4.54. The summed E-state index contributed by atoms with van der Waals surface area (Å²) in [5, 5.41) is 10.4. The molecule has 2 aliphatic rings. The minimum absolute atomic E-state index is 0.0347. The summed E-state index contributed by atoms with van der Waals surface area (Å²) in [6, 6.07) is 12.3. The Balaban J connectivity index is 1.12. The van der Waals surface area contributed by atoms with Crippen molar-refractivity contribution in [1.29, 1.82) is 0 Å². The van der Waals surface area contributed by atoms with Crippen LogP contribution in [0.25, 0.3) is 0 Å². The molecule has 4 rings (SSSR count). The molecule has 8 heteroatoms. The molecule has 1 aliphatic carbocycles. The highest BCUT2D eigenvalue weighted by Crippen LogP contribution is 2.31. The van der Waals surface area contributed by atoms with E-state index in [1.54, 1.807) is 6.20 Å². The predicted molar refractivity (Wildman–Crippen MR) is 124 cm³/mol. The van der Waals surface area contributed by atoms with Gasteiger partial charge in [-0.05, 0) is 18.4 Å². The zero-order chi connectivity index (χ0) is 22.2. The minimum atomic E-state index is 0.0347. The summed E-state index contributed by atoms with van der Waals surface area (Å²) in [7, 11) is 0. The van der Waals surface area contributed by atoms with Gasteiger partial charge in [-0.2, -0.15) is 5.10 Å². The van der Waals surface area contributed by atoms with Crippen molar-refractivity contribution in [3.05, 3.63) is 48.2 Å². The number of anilines is 1. The number of hydrogen-bond donors (Lipinski definition) is 2. The Hall–Kier alpha value is -2.71. The van der Waals surface area contributed by atoms with Crippen molar-refractivity contribution in [3.63, 3.8) is 0 Å². The first-order valence-electron chi connectivity index (χ1n) is 11.8. The fraction of sp³-hybridized carbons (Fsp3) is 0.542. The standard InChI is InChI=1S/C24H34N6O2/c31-23(27-22-10-12-26-30(22)21-8-4-5-9-21)11-13-28-14-16-29(17-15-28)19-24(32)25-18-20-6-2-1-3-7-20/h1-3,6-7,10,12,21H,4-5,8-9,11,13-19H2,(H,25,32)(H,27,31). The van der Waals surface area contributed by atoms with E-state index in [4.69, 9.17) is 0 Å². The van der Waals surface area contributed by atoms with E-state index in [-0.39, 0.29) is 11.8 Å². The van der Waals surface area contributed by atoms with Crippen LogP contribution in [0.2, 0.25) is 0 Å². The van der Waals surface area contributed by atoms with Crippen LogP contribution in [0, 0.1) is 0 Å². The van der Waals surface area contributed by atoms with E-state index in [0.717, 1.165) is 56.9 Å². The molecule has 172 valence electrons. The molecule has 0 atom stereocenters. The Kier molecular flexibility index (Phi) is 7.90. The quantitative estimate of drug-likeness (QED) is 0.628. The number of nitrogens with zero attached hydrogens (tertiary/aromatic N) is 4. The summed E-state index contributed by atoms with van der Waals surface area (Å²) in [6.45, 7) is 5.15. The van der Waals surface area contributed by atoms with E-state index in [1.807, 2.05) is 41.1 Å². The molecular weight excluding hydrogens is 404 g/mol. The van der Waals surface area contributed by atoms with Gasteiger partial charge in [0.25, 0.3) is 0 Å². The van der Waals surface area contributed by atoms with Crippen LogP contribution in [-0.2, 0) is 16.1 Å². The largest absolute Gasteiger partial charge is 0.351 e. The summed E-state index contributed by atoms with van der Waals surface area (Å²) in [5.41, 5.74) is 1.11. The lowest BCUT2D eigenvalue weighted by Gasteiger charge is -2.34. The van der Waals surface area contributed by atoms with Crippen molar-refractivity contribution < 1.29 is 9.59 Å². The summed E-state index contributed by atoms with van der Waals surface area (Å²) < 4.78 is 1.98. The highest BCUT2D eigenvalue weighted by molar-refractivity contribution is 5.89. The maximum Gasteiger partial charge on any atom is 0.234 e. The van der Waals surface area contributed by atoms with Gasteiger partial charge >= 0.3 is 0 Å². The maximum absolute atomic E-state index is 12.5. The molecule has 0 unspecified atom stereocenters. The van der Waals surface area contributed by atoms with Crippen LogP contribution in [0.3, 0.4) is 0 Å². The van der Waals surface area contributed by atoms with Crippen molar-refractivity contribution in [2.45, 2.75) is 44.7 Å². The van der Waals surface area contributed by atoms with Gasteiger partial charge in [0.2, 0.25) is 11.8 Å². The molecule has 8 nitrogen and oxygen atoms in total. The molecule has 32 heavy (non-hydrogen) atoms. The van der Waals surface area contributed by atoms with Crippen molar-refractivity contribution >= 4 is 17.6 Å². The van der Waals surface area contributed by atoms with Crippen LogP contribution < -0.4 is 10.6 Å². The lowest BCUT2D eigenvalue weighted by Crippen LogP contribution is -2.49. The third kappa shape index (κ3) is 6.40. The number of nitrogens with one attached hydrogen (secondary N) is 2. The molecule has 2 fully saturated rings. The summed E-state index contributed by atoms with van der Waals surface area (Å²) >= 11 is 0. The molecule has 1 aromatic carbocycles. The van der Waals surface area contributed by atoms with Gasteiger partial charge in [0.15, 0.2) is 0 Å². The Morgan fingerprint density at radius 1 is 0.938 bits per heavy atom. The van der Waals surface area contributed by atoms with Crippen molar-refractivity contribution in [3.8, 4) is 0 Å². The number of rotatable bonds is 9. The molecule has 1 saturated heterocycles. The van der Waals surface area contributed by atoms with Crippen LogP contribution in [-0.4, -0.2) is 70.7 Å². The van der Waals surface area contributed by atoms with Gasteiger partial charge in [-0.25, -0.2) is 4.68 Å². The summed E-state index contributed by atoms with van der Waals surface area (Å²) in [6.07, 6.45) is 6.98. The van der Waals surface area contributed by atoms with Gasteiger partial charge in [-0.1, -0.05) is 43.2 Å². The lowest BCUT2D eigenvalue weighted by atomic mass is 10.2. The number of hydrogen-bond acceptors (Lipinski definition) is 5. The van der Waals surface area contributed by atoms with Crippen LogP contribution >= 0.6 is 0 Å². The van der Waals surface area contributed by atoms with E-state index >= 15 is 0 Å². The Morgan fingerprint density at radius 3 is 2.41 bits per heavy atom. The highest BCUT2D eigenvalue weighted by atomic mass is 16.2. The molecule has 0 spiro atoms. The Bertz CT molecular complexity index is 870. The SMILES string of the molecule is O=C(CN1CCN(CCC(=O)Nc2ccnn2C2CCCC2)CC1)NCc1ccccc1. The molecule has 2 N–H and O–H groups in total. The Labute approximate surface area is 190 Å². The van der Waals surface area contributed by atoms with Crippen LogP contribution in [0.5, 0.6) is 0 Å². The Morgan fingerprint density at radius 2 is 1.66 bits per heavy atom. The van der Waals surface area contributed by atoms with Gasteiger partial charge in [-0.15, -0.1) is 0 Å². The molecule has 2 amide bonds. The van der Waals surface area contributed by atoms with E-state index in [1.165, 1.54) is 12.8 Å². The first-order chi connectivity index (χ1) is 15.7. The van der Waals surface area contributed by atoms with E-state index in [2.05, 4.69) is 25.5 Å². The molecular formula is C24H34N6O2. The fourth-order valence-electron chi connectivity index (χ4n) is 4.54. The molecule has 1 aliphatic heterocycles. The van der Waals surface area contributed by atoms with Crippen LogP contribution in [0.1, 0.15) is 43.7 Å². The highest BCUT2D eigenvalue weighted by Gasteiger charge is 2.22. The van der Waals surface area contributed by atoms with E-state index in [9.17, 15) is 9.59 Å². The normalized spacial score (nSPS) is 18.0. The second-order valence-corrected chi connectivity index (χ2v) is 8.78. The van der Waals surface area contributed by atoms with E-state index < -0.39 is 0 Å². The first-order valence-corrected chi connectivity index (χ1v) is 11.8. The molecule has 2 aromatic rings. The number of carbonyl (C=O) groups is 2. The molecule has 2 heterocycles. The predicted octanol–water partition coefficient (Wildman–Crippen LogP) is 2.26. The molecule has 1 aromatic heterocycles. The number of carbonyl (C=O) groups excluding carboxylic acids is 2. The van der Waals surface area contributed by atoms with Crippen molar-refractivity contribution in [2.75, 3.05) is 44.6 Å². The summed E-state index contributed by atoms with van der Waals surface area (Å²) in [5.74, 6) is 0.904. The van der Waals surface area contributed by atoms with E-state index in [0.29, 0.717) is 25.6 Å². The zero-order valence-corrected chi connectivity index (χ0v) is 18.7. The number of amides is 2. The van der Waals surface area contributed by atoms with Gasteiger partial charge < -0.3 is 15.5 Å². The first kappa shape index (κ1) is 22.5. The van der Waals surface area contributed by atoms with Gasteiger partial charge in [0.1, 0.15) is 5.82 Å². The average Bonchev–Trinajstić information content (AvgIpc) is 3.50. The van der Waals surface area contributed by atoms with Gasteiger partial charge in [-0.3, -0.25) is 14.5 Å². The molecule has 1 saturated carbocycles. The second kappa shape index (κ2) is 11.2. The lowest BCUT2D eigenvalue weighted by molar-refractivity contribution is -0.122. The van der Waals surface area contributed by atoms with Crippen molar-refractivity contribution in [1.82, 2.24) is 24.9 Å². The zero-order valence-electron chi connectivity index (χ0n) is 18.7. The third-order valence-electron chi connectivity index (χ3n) is 6.43. The third-order valence-corrected chi connectivity index (χ3v) is 6.43. The number of aromatic nitrogens is 2. The smallest absolute Gasteiger partial charge is 0.234 e. The monoisotopic (exact) mass is 438 g/mol. The van der Waals surface area contributed by atoms with Gasteiger partial charge in [0, 0.05) is 51.8 Å². The topological polar surface area (TPSA) is 82.5 Å². The molecule has 0 radical (unpaired) electrons. The minimum Gasteiger partial charge on any atom is -0.351 e. The average molecular weight is 439 g/mol. The van der Waals surface area contributed by atoms with Crippen molar-refractivity contribution in [2.24, 2.45) is 0 Å². The summed E-state index contributed by atoms with van der Waals surface area (Å²) in [4.78, 5) is 29.2. The number of benzene rings is 1. The van der Waals surface area contributed by atoms with Crippen LogP contribution in [0.15, 0.2) is 42.6 Å². The van der Waals surface area contributed by atoms with Gasteiger partial charge in [0.05, 0.1) is 18.8 Å². The number of piperazine rings is 1. The molecule has 0 bridgehead atoms.